The molecule has 0 bridgehead atoms. The van der Waals surface area contributed by atoms with Crippen LogP contribution in [-0.4, -0.2) is 13.1 Å². The zero-order valence-corrected chi connectivity index (χ0v) is 14.0. The fourth-order valence-electron chi connectivity index (χ4n) is 2.08. The van der Waals surface area contributed by atoms with Crippen molar-refractivity contribution in [1.29, 1.82) is 0 Å². The molecule has 22 heavy (non-hydrogen) atoms. The molecule has 1 unspecified atom stereocenters. The zero-order valence-electron chi connectivity index (χ0n) is 14.0. The number of esters is 1. The summed E-state index contributed by atoms with van der Waals surface area (Å²) in [6, 6.07) is 11.9. The lowest BCUT2D eigenvalue weighted by molar-refractivity contribution is -0.144. The molecule has 0 aliphatic carbocycles. The first-order valence-electron chi connectivity index (χ1n) is 7.66. The number of hydrogen-bond donors (Lipinski definition) is 0. The second kappa shape index (κ2) is 6.49. The van der Waals surface area contributed by atoms with Gasteiger partial charge in [0, 0.05) is 7.11 Å². The summed E-state index contributed by atoms with van der Waals surface area (Å²) in [5, 5.41) is 2.16. The highest BCUT2D eigenvalue weighted by atomic mass is 16.5. The Morgan fingerprint density at radius 1 is 1.14 bits per heavy atom. The summed E-state index contributed by atoms with van der Waals surface area (Å²) in [4.78, 5) is 12.1. The summed E-state index contributed by atoms with van der Waals surface area (Å²) in [5.41, 5.74) is 0.666. The fourth-order valence-corrected chi connectivity index (χ4v) is 2.08. The molecular formula is C19H24O3. The molecule has 0 amide bonds. The Bertz CT molecular complexity index is 673. The van der Waals surface area contributed by atoms with Crippen LogP contribution in [0.5, 0.6) is 5.75 Å². The van der Waals surface area contributed by atoms with Gasteiger partial charge in [0.2, 0.25) is 0 Å². The summed E-state index contributed by atoms with van der Waals surface area (Å²) in [5.74, 6) is 0.394. The molecule has 0 radical (unpaired) electrons. The minimum atomic E-state index is -0.466. The van der Waals surface area contributed by atoms with Gasteiger partial charge in [-0.05, 0) is 61.7 Å². The smallest absolute Gasteiger partial charge is 0.316 e. The van der Waals surface area contributed by atoms with Crippen LogP contribution in [0.2, 0.25) is 0 Å². The van der Waals surface area contributed by atoms with Gasteiger partial charge < -0.3 is 9.47 Å². The number of benzene rings is 2. The van der Waals surface area contributed by atoms with Crippen LogP contribution in [0.15, 0.2) is 36.4 Å². The molecule has 1 atom stereocenters. The molecule has 2 rings (SSSR count). The topological polar surface area (TPSA) is 35.5 Å². The van der Waals surface area contributed by atoms with Crippen molar-refractivity contribution in [1.82, 2.24) is 0 Å². The zero-order chi connectivity index (χ0) is 16.3. The Balaban J connectivity index is 2.26. The Morgan fingerprint density at radius 2 is 1.77 bits per heavy atom. The number of rotatable bonds is 5. The maximum Gasteiger partial charge on any atom is 0.316 e. The van der Waals surface area contributed by atoms with E-state index in [4.69, 9.17) is 9.47 Å². The second-order valence-electron chi connectivity index (χ2n) is 6.27. The number of carbonyl (C=O) groups is 1. The molecule has 0 aliphatic rings. The standard InChI is InChI=1S/C19H24O3/c1-6-19(3,4)18(20)22-17-10-9-15-11-14(13(2)21-5)7-8-16(15)12-17/h7-13H,6H2,1-5H3. The van der Waals surface area contributed by atoms with Gasteiger partial charge in [0.05, 0.1) is 11.5 Å². The minimum absolute atomic E-state index is 0.0623. The summed E-state index contributed by atoms with van der Waals surface area (Å²) in [6.07, 6.45) is 0.810. The number of ether oxygens (including phenoxy) is 2. The van der Waals surface area contributed by atoms with Gasteiger partial charge in [-0.25, -0.2) is 0 Å². The molecule has 3 heteroatoms. The van der Waals surface area contributed by atoms with Crippen molar-refractivity contribution >= 4 is 16.7 Å². The number of fused-ring (bicyclic) bond motifs is 1. The van der Waals surface area contributed by atoms with Crippen LogP contribution in [0.3, 0.4) is 0 Å². The predicted molar refractivity (Wildman–Crippen MR) is 89.1 cm³/mol. The fraction of sp³-hybridized carbons (Fsp3) is 0.421. The first kappa shape index (κ1) is 16.5. The molecule has 0 saturated heterocycles. The number of methoxy groups -OCH3 is 1. The maximum absolute atomic E-state index is 12.1. The van der Waals surface area contributed by atoms with Gasteiger partial charge in [-0.15, -0.1) is 0 Å². The monoisotopic (exact) mass is 300 g/mol. The molecule has 0 aliphatic heterocycles. The Hall–Kier alpha value is -1.87. The van der Waals surface area contributed by atoms with E-state index in [9.17, 15) is 4.79 Å². The van der Waals surface area contributed by atoms with Crippen LogP contribution in [-0.2, 0) is 9.53 Å². The van der Waals surface area contributed by atoms with Crippen molar-refractivity contribution < 1.29 is 14.3 Å². The van der Waals surface area contributed by atoms with E-state index in [2.05, 4.69) is 6.07 Å². The van der Waals surface area contributed by atoms with Gasteiger partial charge >= 0.3 is 5.97 Å². The van der Waals surface area contributed by atoms with Crippen LogP contribution in [0, 0.1) is 5.41 Å². The lowest BCUT2D eigenvalue weighted by atomic mass is 9.91. The Kier molecular flexibility index (Phi) is 4.87. The summed E-state index contributed by atoms with van der Waals surface area (Å²) >= 11 is 0. The third kappa shape index (κ3) is 3.47. The molecule has 0 saturated carbocycles. The van der Waals surface area contributed by atoms with Crippen LogP contribution in [0.4, 0.5) is 0 Å². The molecule has 0 N–H and O–H groups in total. The van der Waals surface area contributed by atoms with E-state index >= 15 is 0 Å². The predicted octanol–water partition coefficient (Wildman–Crippen LogP) is 4.89. The minimum Gasteiger partial charge on any atom is -0.426 e. The van der Waals surface area contributed by atoms with Gasteiger partial charge in [0.25, 0.3) is 0 Å². The molecule has 0 aromatic heterocycles. The van der Waals surface area contributed by atoms with Crippen molar-refractivity contribution in [3.05, 3.63) is 42.0 Å². The van der Waals surface area contributed by atoms with Crippen LogP contribution < -0.4 is 4.74 Å². The van der Waals surface area contributed by atoms with Gasteiger partial charge in [0.15, 0.2) is 0 Å². The summed E-state index contributed by atoms with van der Waals surface area (Å²) < 4.78 is 10.9. The Morgan fingerprint density at radius 3 is 2.41 bits per heavy atom. The molecule has 3 nitrogen and oxygen atoms in total. The molecular weight excluding hydrogens is 276 g/mol. The van der Waals surface area contributed by atoms with Crippen molar-refractivity contribution in [2.75, 3.05) is 7.11 Å². The third-order valence-electron chi connectivity index (χ3n) is 4.31. The average molecular weight is 300 g/mol. The van der Waals surface area contributed by atoms with Gasteiger partial charge in [-0.2, -0.15) is 0 Å². The second-order valence-corrected chi connectivity index (χ2v) is 6.27. The molecule has 118 valence electrons. The van der Waals surface area contributed by atoms with E-state index in [-0.39, 0.29) is 12.1 Å². The normalized spacial score (nSPS) is 13.1. The van der Waals surface area contributed by atoms with Crippen LogP contribution in [0.25, 0.3) is 10.8 Å². The SMILES string of the molecule is CCC(C)(C)C(=O)Oc1ccc2cc(C(C)OC)ccc2c1. The maximum atomic E-state index is 12.1. The van der Waals surface area contributed by atoms with Crippen LogP contribution >= 0.6 is 0 Å². The summed E-state index contributed by atoms with van der Waals surface area (Å²) in [6.45, 7) is 7.80. The van der Waals surface area contributed by atoms with E-state index in [1.807, 2.05) is 58.0 Å². The summed E-state index contributed by atoms with van der Waals surface area (Å²) in [7, 11) is 1.70. The van der Waals surface area contributed by atoms with Crippen LogP contribution in [0.1, 0.15) is 45.8 Å². The molecule has 0 fully saturated rings. The first-order valence-corrected chi connectivity index (χ1v) is 7.66. The molecule has 0 spiro atoms. The molecule has 2 aromatic rings. The largest absolute Gasteiger partial charge is 0.426 e. The number of carbonyl (C=O) groups excluding carboxylic acids is 1. The van der Waals surface area contributed by atoms with E-state index in [1.165, 1.54) is 0 Å². The lowest BCUT2D eigenvalue weighted by Gasteiger charge is -2.20. The number of hydrogen-bond acceptors (Lipinski definition) is 3. The lowest BCUT2D eigenvalue weighted by Crippen LogP contribution is -2.28. The van der Waals surface area contributed by atoms with Crippen molar-refractivity contribution in [3.8, 4) is 5.75 Å². The van der Waals surface area contributed by atoms with Crippen molar-refractivity contribution in [3.63, 3.8) is 0 Å². The first-order chi connectivity index (χ1) is 10.4. The van der Waals surface area contributed by atoms with E-state index < -0.39 is 5.41 Å². The average Bonchev–Trinajstić information content (AvgIpc) is 2.53. The molecule has 0 heterocycles. The van der Waals surface area contributed by atoms with E-state index in [0.29, 0.717) is 5.75 Å². The van der Waals surface area contributed by atoms with Crippen molar-refractivity contribution in [2.24, 2.45) is 5.41 Å². The highest BCUT2D eigenvalue weighted by molar-refractivity contribution is 5.86. The van der Waals surface area contributed by atoms with Crippen molar-refractivity contribution in [2.45, 2.75) is 40.2 Å². The quantitative estimate of drug-likeness (QED) is 0.582. The Labute approximate surface area is 132 Å². The van der Waals surface area contributed by atoms with Gasteiger partial charge in [-0.3, -0.25) is 4.79 Å². The van der Waals surface area contributed by atoms with Gasteiger partial charge in [-0.1, -0.05) is 25.1 Å². The van der Waals surface area contributed by atoms with E-state index in [1.54, 1.807) is 7.11 Å². The highest BCUT2D eigenvalue weighted by Gasteiger charge is 2.27. The van der Waals surface area contributed by atoms with Gasteiger partial charge in [0.1, 0.15) is 5.75 Å². The third-order valence-corrected chi connectivity index (χ3v) is 4.31. The molecule has 2 aromatic carbocycles. The highest BCUT2D eigenvalue weighted by Crippen LogP contribution is 2.28. The van der Waals surface area contributed by atoms with E-state index in [0.717, 1.165) is 22.8 Å².